The SMILES string of the molecule is Cc1cccc2c1nc(CCl)n2CC(=O)NCC(C)C. The second-order valence-corrected chi connectivity index (χ2v) is 5.66. The normalized spacial score (nSPS) is 11.2. The number of nitrogens with one attached hydrogen (secondary N) is 1. The lowest BCUT2D eigenvalue weighted by Gasteiger charge is -2.10. The van der Waals surface area contributed by atoms with Crippen LogP contribution in [0.3, 0.4) is 0 Å². The summed E-state index contributed by atoms with van der Waals surface area (Å²) in [6, 6.07) is 5.96. The molecule has 2 aromatic rings. The average Bonchev–Trinajstić information content (AvgIpc) is 2.76. The van der Waals surface area contributed by atoms with Gasteiger partial charge in [0.15, 0.2) is 0 Å². The minimum atomic E-state index is -0.00845. The number of carbonyl (C=O) groups is 1. The number of nitrogens with zero attached hydrogens (tertiary/aromatic N) is 2. The molecule has 0 atom stereocenters. The van der Waals surface area contributed by atoms with Gasteiger partial charge in [0.25, 0.3) is 0 Å². The summed E-state index contributed by atoms with van der Waals surface area (Å²) in [5.74, 6) is 1.46. The molecule has 0 aliphatic heterocycles. The van der Waals surface area contributed by atoms with E-state index in [1.807, 2.05) is 29.7 Å². The van der Waals surface area contributed by atoms with Crippen LogP contribution in [-0.4, -0.2) is 22.0 Å². The van der Waals surface area contributed by atoms with Crippen LogP contribution in [-0.2, 0) is 17.2 Å². The first-order valence-electron chi connectivity index (χ1n) is 6.80. The smallest absolute Gasteiger partial charge is 0.240 e. The quantitative estimate of drug-likeness (QED) is 0.862. The van der Waals surface area contributed by atoms with Crippen LogP contribution in [0, 0.1) is 12.8 Å². The lowest BCUT2D eigenvalue weighted by Crippen LogP contribution is -2.31. The van der Waals surface area contributed by atoms with Gasteiger partial charge >= 0.3 is 0 Å². The van der Waals surface area contributed by atoms with Crippen LogP contribution in [0.1, 0.15) is 25.2 Å². The van der Waals surface area contributed by atoms with E-state index in [4.69, 9.17) is 11.6 Å². The second kappa shape index (κ2) is 6.27. The number of hydrogen-bond acceptors (Lipinski definition) is 2. The van der Waals surface area contributed by atoms with Crippen LogP contribution in [0.15, 0.2) is 18.2 Å². The van der Waals surface area contributed by atoms with Crippen molar-refractivity contribution in [1.29, 1.82) is 0 Å². The van der Waals surface area contributed by atoms with E-state index in [0.717, 1.165) is 22.4 Å². The molecule has 20 heavy (non-hydrogen) atoms. The maximum absolute atomic E-state index is 12.0. The number of benzene rings is 1. The van der Waals surface area contributed by atoms with Crippen LogP contribution in [0.4, 0.5) is 0 Å². The first-order valence-corrected chi connectivity index (χ1v) is 7.33. The lowest BCUT2D eigenvalue weighted by atomic mass is 10.2. The van der Waals surface area contributed by atoms with Crippen molar-refractivity contribution in [3.63, 3.8) is 0 Å². The topological polar surface area (TPSA) is 46.9 Å². The minimum absolute atomic E-state index is 0.00845. The molecule has 1 aromatic carbocycles. The zero-order valence-electron chi connectivity index (χ0n) is 12.1. The molecule has 0 aliphatic rings. The Labute approximate surface area is 124 Å². The van der Waals surface area contributed by atoms with Crippen molar-refractivity contribution in [2.75, 3.05) is 6.54 Å². The van der Waals surface area contributed by atoms with Crippen molar-refractivity contribution in [2.45, 2.75) is 33.2 Å². The van der Waals surface area contributed by atoms with Crippen molar-refractivity contribution < 1.29 is 4.79 Å². The Morgan fingerprint density at radius 2 is 2.20 bits per heavy atom. The van der Waals surface area contributed by atoms with Crippen LogP contribution in [0.2, 0.25) is 0 Å². The van der Waals surface area contributed by atoms with Crippen LogP contribution in [0.5, 0.6) is 0 Å². The van der Waals surface area contributed by atoms with Gasteiger partial charge in [-0.1, -0.05) is 26.0 Å². The molecular formula is C15H20ClN3O. The summed E-state index contributed by atoms with van der Waals surface area (Å²) in [5, 5.41) is 2.92. The molecule has 0 saturated heterocycles. The molecule has 5 heteroatoms. The fraction of sp³-hybridized carbons (Fsp3) is 0.467. The van der Waals surface area contributed by atoms with Gasteiger partial charge in [-0.05, 0) is 24.5 Å². The highest BCUT2D eigenvalue weighted by Crippen LogP contribution is 2.20. The van der Waals surface area contributed by atoms with Gasteiger partial charge in [-0.3, -0.25) is 4.79 Å². The number of aromatic nitrogens is 2. The van der Waals surface area contributed by atoms with Crippen LogP contribution < -0.4 is 5.32 Å². The summed E-state index contributed by atoms with van der Waals surface area (Å²) in [6.07, 6.45) is 0. The zero-order chi connectivity index (χ0) is 14.7. The predicted octanol–water partition coefficient (Wildman–Crippen LogP) is 2.86. The van der Waals surface area contributed by atoms with E-state index in [1.54, 1.807) is 0 Å². The Morgan fingerprint density at radius 3 is 2.85 bits per heavy atom. The number of imidazole rings is 1. The van der Waals surface area contributed by atoms with Gasteiger partial charge in [0.2, 0.25) is 5.91 Å². The van der Waals surface area contributed by atoms with Gasteiger partial charge < -0.3 is 9.88 Å². The largest absolute Gasteiger partial charge is 0.354 e. The highest BCUT2D eigenvalue weighted by molar-refractivity contribution is 6.16. The van der Waals surface area contributed by atoms with Crippen molar-refractivity contribution >= 4 is 28.5 Å². The Hall–Kier alpha value is -1.55. The van der Waals surface area contributed by atoms with Gasteiger partial charge in [-0.15, -0.1) is 11.6 Å². The summed E-state index contributed by atoms with van der Waals surface area (Å²) in [5.41, 5.74) is 2.97. The summed E-state index contributed by atoms with van der Waals surface area (Å²) < 4.78 is 1.89. The molecule has 0 radical (unpaired) electrons. The first kappa shape index (κ1) is 14.9. The molecule has 0 bridgehead atoms. The summed E-state index contributed by atoms with van der Waals surface area (Å²) >= 11 is 5.95. The van der Waals surface area contributed by atoms with Crippen molar-refractivity contribution in [3.8, 4) is 0 Å². The average molecular weight is 294 g/mol. The summed E-state index contributed by atoms with van der Waals surface area (Å²) in [4.78, 5) is 16.5. The van der Waals surface area contributed by atoms with Crippen molar-refractivity contribution in [3.05, 3.63) is 29.6 Å². The molecule has 0 unspecified atom stereocenters. The fourth-order valence-electron chi connectivity index (χ4n) is 2.13. The van der Waals surface area contributed by atoms with Gasteiger partial charge in [0.05, 0.1) is 16.9 Å². The maximum Gasteiger partial charge on any atom is 0.240 e. The Balaban J connectivity index is 2.28. The second-order valence-electron chi connectivity index (χ2n) is 5.39. The number of halogens is 1. The van der Waals surface area contributed by atoms with Crippen LogP contribution >= 0.6 is 11.6 Å². The predicted molar refractivity (Wildman–Crippen MR) is 81.9 cm³/mol. The Bertz CT molecular complexity index is 619. The van der Waals surface area contributed by atoms with Gasteiger partial charge in [-0.2, -0.15) is 0 Å². The number of rotatable bonds is 5. The van der Waals surface area contributed by atoms with Gasteiger partial charge in [0, 0.05) is 6.54 Å². The van der Waals surface area contributed by atoms with E-state index in [1.165, 1.54) is 0 Å². The number of carbonyl (C=O) groups excluding carboxylic acids is 1. The van der Waals surface area contributed by atoms with E-state index in [2.05, 4.69) is 24.1 Å². The molecule has 2 rings (SSSR count). The number of hydrogen-bond donors (Lipinski definition) is 1. The molecule has 1 heterocycles. The summed E-state index contributed by atoms with van der Waals surface area (Å²) in [7, 11) is 0. The molecule has 1 N–H and O–H groups in total. The number of aryl methyl sites for hydroxylation is 1. The summed E-state index contributed by atoms with van der Waals surface area (Å²) in [6.45, 7) is 7.09. The monoisotopic (exact) mass is 293 g/mol. The molecule has 108 valence electrons. The number of para-hydroxylation sites is 1. The molecule has 0 aliphatic carbocycles. The number of amides is 1. The third-order valence-corrected chi connectivity index (χ3v) is 3.43. The van der Waals surface area contributed by atoms with Crippen molar-refractivity contribution in [1.82, 2.24) is 14.9 Å². The van der Waals surface area contributed by atoms with E-state index >= 15 is 0 Å². The maximum atomic E-state index is 12.0. The standard InChI is InChI=1S/C15H20ClN3O/c1-10(2)8-17-14(20)9-19-12-6-4-5-11(3)15(12)18-13(19)7-16/h4-6,10H,7-9H2,1-3H3,(H,17,20). The third kappa shape index (κ3) is 3.12. The first-order chi connectivity index (χ1) is 9.52. The van der Waals surface area contributed by atoms with E-state index < -0.39 is 0 Å². The molecule has 1 amide bonds. The molecule has 0 fully saturated rings. The van der Waals surface area contributed by atoms with Crippen molar-refractivity contribution in [2.24, 2.45) is 5.92 Å². The van der Waals surface area contributed by atoms with Crippen LogP contribution in [0.25, 0.3) is 11.0 Å². The Morgan fingerprint density at radius 1 is 1.45 bits per heavy atom. The van der Waals surface area contributed by atoms with E-state index in [0.29, 0.717) is 18.3 Å². The fourth-order valence-corrected chi connectivity index (χ4v) is 2.34. The Kier molecular flexibility index (Phi) is 4.65. The zero-order valence-corrected chi connectivity index (χ0v) is 12.9. The van der Waals surface area contributed by atoms with Gasteiger partial charge in [-0.25, -0.2) is 4.98 Å². The molecule has 0 spiro atoms. The van der Waals surface area contributed by atoms with Gasteiger partial charge in [0.1, 0.15) is 12.4 Å². The number of fused-ring (bicyclic) bond motifs is 1. The molecule has 0 saturated carbocycles. The molecular weight excluding hydrogens is 274 g/mol. The highest BCUT2D eigenvalue weighted by atomic mass is 35.5. The highest BCUT2D eigenvalue weighted by Gasteiger charge is 2.14. The van der Waals surface area contributed by atoms with E-state index in [9.17, 15) is 4.79 Å². The molecule has 4 nitrogen and oxygen atoms in total. The third-order valence-electron chi connectivity index (χ3n) is 3.19. The molecule has 1 aromatic heterocycles. The van der Waals surface area contributed by atoms with E-state index in [-0.39, 0.29) is 12.5 Å². The minimum Gasteiger partial charge on any atom is -0.354 e. The lowest BCUT2D eigenvalue weighted by molar-refractivity contribution is -0.121. The number of alkyl halides is 1.